The zero-order valence-corrected chi connectivity index (χ0v) is 17.2. The van der Waals surface area contributed by atoms with Crippen LogP contribution in [0.2, 0.25) is 0 Å². The van der Waals surface area contributed by atoms with Gasteiger partial charge in [0.25, 0.3) is 0 Å². The molecular formula is C22H20N10. The van der Waals surface area contributed by atoms with E-state index in [0.29, 0.717) is 43.1 Å². The molecule has 0 fully saturated rings. The van der Waals surface area contributed by atoms with E-state index in [4.69, 9.17) is 16.6 Å². The highest BCUT2D eigenvalue weighted by Crippen LogP contribution is 2.26. The first kappa shape index (κ1) is 22.2. The Morgan fingerprint density at radius 1 is 0.562 bits per heavy atom. The van der Waals surface area contributed by atoms with Crippen LogP contribution < -0.4 is 0 Å². The number of nitrogens with zero attached hydrogens (tertiary/aromatic N) is 10. The third kappa shape index (κ3) is 6.03. The van der Waals surface area contributed by atoms with Gasteiger partial charge in [-0.1, -0.05) is 88.1 Å². The molecular weight excluding hydrogens is 404 g/mol. The van der Waals surface area contributed by atoms with E-state index >= 15 is 0 Å². The molecule has 10 nitrogen and oxygen atoms in total. The smallest absolute Gasteiger partial charge is 0.0420 e. The van der Waals surface area contributed by atoms with Crippen LogP contribution in [0.15, 0.2) is 88.1 Å². The summed E-state index contributed by atoms with van der Waals surface area (Å²) in [6, 6.07) is 22.3. The molecule has 158 valence electrons. The van der Waals surface area contributed by atoms with Gasteiger partial charge in [0.15, 0.2) is 0 Å². The molecule has 0 saturated carbocycles. The van der Waals surface area contributed by atoms with Crippen molar-refractivity contribution in [2.45, 2.75) is 19.5 Å². The minimum atomic E-state index is 0.517. The Balaban J connectivity index is 1.90. The van der Waals surface area contributed by atoms with Gasteiger partial charge in [-0.25, -0.2) is 0 Å². The summed E-state index contributed by atoms with van der Waals surface area (Å²) in [5, 5.41) is 11.4. The summed E-state index contributed by atoms with van der Waals surface area (Å²) < 4.78 is 0. The van der Waals surface area contributed by atoms with Crippen LogP contribution in [0.3, 0.4) is 0 Å². The normalized spacial score (nSPS) is 10.0. The molecule has 10 heteroatoms. The van der Waals surface area contributed by atoms with E-state index in [2.05, 4.69) is 35.0 Å². The molecule has 3 aromatic carbocycles. The molecule has 0 saturated heterocycles. The fraction of sp³-hybridized carbons (Fsp3) is 0.182. The molecule has 0 aromatic heterocycles. The van der Waals surface area contributed by atoms with Crippen molar-refractivity contribution in [1.29, 1.82) is 0 Å². The Labute approximate surface area is 184 Å². The van der Waals surface area contributed by atoms with Crippen LogP contribution in [-0.2, 0) is 19.5 Å². The number of azide groups is 3. The second-order valence-corrected chi connectivity index (χ2v) is 6.92. The van der Waals surface area contributed by atoms with Crippen LogP contribution in [0.25, 0.3) is 31.3 Å². The van der Waals surface area contributed by atoms with Crippen molar-refractivity contribution < 1.29 is 0 Å². The largest absolute Gasteiger partial charge is 0.294 e. The maximum absolute atomic E-state index is 8.90. The van der Waals surface area contributed by atoms with Gasteiger partial charge in [0, 0.05) is 51.4 Å². The van der Waals surface area contributed by atoms with E-state index in [1.165, 1.54) is 0 Å². The van der Waals surface area contributed by atoms with Crippen molar-refractivity contribution in [3.63, 3.8) is 0 Å². The highest BCUT2D eigenvalue weighted by molar-refractivity contribution is 5.48. The van der Waals surface area contributed by atoms with Gasteiger partial charge in [0.1, 0.15) is 0 Å². The van der Waals surface area contributed by atoms with E-state index in [1.807, 2.05) is 54.6 Å². The van der Waals surface area contributed by atoms with Crippen LogP contribution >= 0.6 is 0 Å². The van der Waals surface area contributed by atoms with E-state index < -0.39 is 0 Å². The topological polar surface area (TPSA) is 150 Å². The molecule has 3 aromatic rings. The van der Waals surface area contributed by atoms with Gasteiger partial charge in [-0.2, -0.15) is 0 Å². The number of rotatable bonds is 10. The number of hydrogen-bond donors (Lipinski definition) is 0. The third-order valence-electron chi connectivity index (χ3n) is 4.92. The van der Waals surface area contributed by atoms with Crippen molar-refractivity contribution in [2.24, 2.45) is 15.3 Å². The molecule has 0 atom stereocenters. The maximum Gasteiger partial charge on any atom is 0.0420 e. The first-order chi connectivity index (χ1) is 15.7. The van der Waals surface area contributed by atoms with Crippen molar-refractivity contribution in [3.8, 4) is 0 Å². The van der Waals surface area contributed by atoms with E-state index in [0.717, 1.165) is 16.7 Å². The van der Waals surface area contributed by atoms with Gasteiger partial charge >= 0.3 is 0 Å². The molecule has 0 spiro atoms. The lowest BCUT2D eigenvalue weighted by molar-refractivity contribution is 0.261. The van der Waals surface area contributed by atoms with Crippen LogP contribution in [0.1, 0.15) is 16.7 Å². The summed E-state index contributed by atoms with van der Waals surface area (Å²) >= 11 is 0. The number of benzene rings is 3. The van der Waals surface area contributed by atoms with Gasteiger partial charge in [0.05, 0.1) is 0 Å². The quantitative estimate of drug-likeness (QED) is 0.182. The molecule has 0 radical (unpaired) electrons. The lowest BCUT2D eigenvalue weighted by Gasteiger charge is -2.24. The monoisotopic (exact) mass is 424 g/mol. The molecule has 3 rings (SSSR count). The first-order valence-electron chi connectivity index (χ1n) is 9.86. The Morgan fingerprint density at radius 2 is 0.938 bits per heavy atom. The predicted molar refractivity (Wildman–Crippen MR) is 124 cm³/mol. The minimum absolute atomic E-state index is 0.517. The Hall–Kier alpha value is -4.45. The van der Waals surface area contributed by atoms with Gasteiger partial charge in [-0.05, 0) is 39.7 Å². The summed E-state index contributed by atoms with van der Waals surface area (Å²) in [4.78, 5) is 10.9. The van der Waals surface area contributed by atoms with Gasteiger partial charge in [-0.15, -0.1) is 0 Å². The predicted octanol–water partition coefficient (Wildman–Crippen LogP) is 7.76. The molecule has 0 aliphatic heterocycles. The minimum Gasteiger partial charge on any atom is -0.294 e. The Kier molecular flexibility index (Phi) is 8.11. The molecule has 0 aliphatic rings. The van der Waals surface area contributed by atoms with E-state index in [1.54, 1.807) is 18.2 Å². The summed E-state index contributed by atoms with van der Waals surface area (Å²) in [6.07, 6.45) is 0.641. The standard InChI is InChI=1S/C22H20N10/c23-29-26-20-10-4-1-7-17(20)13-14-32(15-18-8-2-5-11-21(18)27-30-24)16-19-9-3-6-12-22(19)28-31-25/h1-12H,13-16H2. The SMILES string of the molecule is [N-]=[N+]=Nc1ccccc1CCN(Cc1ccccc1N=[N+]=[N-])Cc1ccccc1N=[N+]=[N-]. The molecule has 0 bridgehead atoms. The molecule has 0 unspecified atom stereocenters. The van der Waals surface area contributed by atoms with Crippen LogP contribution in [0, 0.1) is 0 Å². The van der Waals surface area contributed by atoms with Crippen molar-refractivity contribution in [1.82, 2.24) is 4.90 Å². The van der Waals surface area contributed by atoms with Crippen molar-refractivity contribution >= 4 is 17.1 Å². The molecule has 0 N–H and O–H groups in total. The maximum atomic E-state index is 8.90. The fourth-order valence-electron chi connectivity index (χ4n) is 3.42. The highest BCUT2D eigenvalue weighted by Gasteiger charge is 2.13. The van der Waals surface area contributed by atoms with Crippen molar-refractivity contribution in [2.75, 3.05) is 6.54 Å². The highest BCUT2D eigenvalue weighted by atomic mass is 15.2. The average molecular weight is 424 g/mol. The lowest BCUT2D eigenvalue weighted by atomic mass is 10.1. The molecule has 0 aliphatic carbocycles. The fourth-order valence-corrected chi connectivity index (χ4v) is 3.42. The molecule has 32 heavy (non-hydrogen) atoms. The summed E-state index contributed by atoms with van der Waals surface area (Å²) in [5.74, 6) is 0. The molecule has 0 amide bonds. The first-order valence-corrected chi connectivity index (χ1v) is 9.86. The average Bonchev–Trinajstić information content (AvgIpc) is 2.81. The summed E-state index contributed by atoms with van der Waals surface area (Å²) in [6.45, 7) is 1.67. The summed E-state index contributed by atoms with van der Waals surface area (Å²) in [5.41, 5.74) is 31.1. The summed E-state index contributed by atoms with van der Waals surface area (Å²) in [7, 11) is 0. The van der Waals surface area contributed by atoms with Crippen LogP contribution in [0.4, 0.5) is 17.1 Å². The molecule has 0 heterocycles. The van der Waals surface area contributed by atoms with Gasteiger partial charge in [0.2, 0.25) is 0 Å². The second-order valence-electron chi connectivity index (χ2n) is 6.92. The lowest BCUT2D eigenvalue weighted by Crippen LogP contribution is -2.25. The second kappa shape index (κ2) is 11.7. The number of hydrogen-bond acceptors (Lipinski definition) is 4. The van der Waals surface area contributed by atoms with Crippen LogP contribution in [0.5, 0.6) is 0 Å². The van der Waals surface area contributed by atoms with Gasteiger partial charge < -0.3 is 0 Å². The van der Waals surface area contributed by atoms with Crippen LogP contribution in [-0.4, -0.2) is 11.4 Å². The van der Waals surface area contributed by atoms with E-state index in [-0.39, 0.29) is 0 Å². The Bertz CT molecular complexity index is 1160. The van der Waals surface area contributed by atoms with E-state index in [9.17, 15) is 0 Å². The third-order valence-corrected chi connectivity index (χ3v) is 4.92. The Morgan fingerprint density at radius 3 is 1.38 bits per heavy atom. The van der Waals surface area contributed by atoms with Gasteiger partial charge in [-0.3, -0.25) is 4.90 Å². The van der Waals surface area contributed by atoms with Crippen molar-refractivity contribution in [3.05, 3.63) is 121 Å². The zero-order valence-electron chi connectivity index (χ0n) is 17.2. The zero-order chi connectivity index (χ0) is 22.6.